The molecule has 0 aliphatic carbocycles. The van der Waals surface area contributed by atoms with Crippen LogP contribution < -0.4 is 4.74 Å². The van der Waals surface area contributed by atoms with E-state index in [0.29, 0.717) is 24.0 Å². The molecule has 1 aliphatic heterocycles. The molecule has 2 heterocycles. The summed E-state index contributed by atoms with van der Waals surface area (Å²) in [6, 6.07) is 5.98. The average Bonchev–Trinajstić information content (AvgIpc) is 2.52. The number of hydrogen-bond acceptors (Lipinski definition) is 4. The van der Waals surface area contributed by atoms with Crippen molar-refractivity contribution < 1.29 is 9.47 Å². The lowest BCUT2D eigenvalue weighted by Gasteiger charge is -2.39. The highest BCUT2D eigenvalue weighted by Crippen LogP contribution is 2.22. The van der Waals surface area contributed by atoms with E-state index in [9.17, 15) is 0 Å². The van der Waals surface area contributed by atoms with Crippen molar-refractivity contribution in [1.82, 2.24) is 9.88 Å². The van der Waals surface area contributed by atoms with Gasteiger partial charge in [0, 0.05) is 25.7 Å². The van der Waals surface area contributed by atoms with Gasteiger partial charge in [-0.3, -0.25) is 4.90 Å². The lowest BCUT2D eigenvalue weighted by Crippen LogP contribution is -2.49. The van der Waals surface area contributed by atoms with Gasteiger partial charge in [-0.05, 0) is 18.4 Å². The summed E-state index contributed by atoms with van der Waals surface area (Å²) in [7, 11) is 1.66. The van der Waals surface area contributed by atoms with Crippen molar-refractivity contribution in [2.75, 3.05) is 20.2 Å². The molecule has 0 radical (unpaired) electrons. The fraction of sp³-hybridized carbons (Fsp3) is 0.722. The Labute approximate surface area is 134 Å². The summed E-state index contributed by atoms with van der Waals surface area (Å²) in [5, 5.41) is 0. The minimum absolute atomic E-state index is 0.321. The van der Waals surface area contributed by atoms with Crippen LogP contribution in [0.15, 0.2) is 18.2 Å². The quantitative estimate of drug-likeness (QED) is 0.772. The second-order valence-corrected chi connectivity index (χ2v) is 6.55. The number of methoxy groups -OCH3 is 1. The molecule has 1 saturated heterocycles. The smallest absolute Gasteiger partial charge is 0.213 e. The first-order valence-corrected chi connectivity index (χ1v) is 8.50. The lowest BCUT2D eigenvalue weighted by molar-refractivity contribution is -0.108. The second kappa shape index (κ2) is 8.49. The van der Waals surface area contributed by atoms with Crippen molar-refractivity contribution >= 4 is 0 Å². The first-order valence-electron chi connectivity index (χ1n) is 8.50. The van der Waals surface area contributed by atoms with Gasteiger partial charge in [0.05, 0.1) is 25.0 Å². The van der Waals surface area contributed by atoms with E-state index in [1.165, 1.54) is 12.8 Å². The van der Waals surface area contributed by atoms with Gasteiger partial charge in [0.1, 0.15) is 0 Å². The molecule has 124 valence electrons. The Morgan fingerprint density at radius 3 is 2.86 bits per heavy atom. The first kappa shape index (κ1) is 17.2. The second-order valence-electron chi connectivity index (χ2n) is 6.55. The van der Waals surface area contributed by atoms with Gasteiger partial charge in [-0.15, -0.1) is 0 Å². The molecule has 0 bridgehead atoms. The zero-order valence-electron chi connectivity index (χ0n) is 14.4. The molecule has 0 unspecified atom stereocenters. The molecule has 0 saturated carbocycles. The van der Waals surface area contributed by atoms with Crippen LogP contribution in [0.1, 0.15) is 45.7 Å². The van der Waals surface area contributed by atoms with Gasteiger partial charge in [0.15, 0.2) is 0 Å². The van der Waals surface area contributed by atoms with Crippen LogP contribution in [0.3, 0.4) is 0 Å². The van der Waals surface area contributed by atoms with Crippen LogP contribution >= 0.6 is 0 Å². The fourth-order valence-electron chi connectivity index (χ4n) is 2.93. The van der Waals surface area contributed by atoms with Crippen LogP contribution in [0.2, 0.25) is 0 Å². The molecule has 4 nitrogen and oxygen atoms in total. The number of unbranched alkanes of at least 4 members (excludes halogenated alkanes) is 1. The van der Waals surface area contributed by atoms with Gasteiger partial charge in [-0.25, -0.2) is 4.98 Å². The lowest BCUT2D eigenvalue weighted by atomic mass is 10.0. The Balaban J connectivity index is 2.00. The summed E-state index contributed by atoms with van der Waals surface area (Å²) < 4.78 is 11.5. The maximum atomic E-state index is 6.28. The van der Waals surface area contributed by atoms with E-state index in [0.717, 1.165) is 31.7 Å². The van der Waals surface area contributed by atoms with Crippen molar-refractivity contribution in [3.8, 4) is 5.88 Å². The van der Waals surface area contributed by atoms with Crippen LogP contribution in [-0.2, 0) is 11.3 Å². The third-order valence-corrected chi connectivity index (χ3v) is 4.27. The van der Waals surface area contributed by atoms with Crippen LogP contribution in [0, 0.1) is 5.92 Å². The van der Waals surface area contributed by atoms with Gasteiger partial charge in [-0.1, -0.05) is 39.7 Å². The zero-order chi connectivity index (χ0) is 15.9. The molecule has 0 aromatic carbocycles. The molecule has 4 heteroatoms. The topological polar surface area (TPSA) is 34.6 Å². The minimum Gasteiger partial charge on any atom is -0.481 e. The number of nitrogens with zero attached hydrogens (tertiary/aromatic N) is 2. The molecule has 0 amide bonds. The third kappa shape index (κ3) is 4.96. The minimum atomic E-state index is 0.321. The first-order chi connectivity index (χ1) is 10.6. The molecule has 1 aromatic rings. The van der Waals surface area contributed by atoms with Crippen molar-refractivity contribution in [3.63, 3.8) is 0 Å². The zero-order valence-corrected chi connectivity index (χ0v) is 14.4. The van der Waals surface area contributed by atoms with Crippen LogP contribution in [0.5, 0.6) is 5.88 Å². The predicted octanol–water partition coefficient (Wildman–Crippen LogP) is 3.51. The van der Waals surface area contributed by atoms with E-state index in [1.54, 1.807) is 7.11 Å². The summed E-state index contributed by atoms with van der Waals surface area (Å²) >= 11 is 0. The van der Waals surface area contributed by atoms with Crippen molar-refractivity contribution in [2.24, 2.45) is 5.92 Å². The number of morpholine rings is 1. The van der Waals surface area contributed by atoms with Crippen molar-refractivity contribution in [1.29, 1.82) is 0 Å². The molecule has 0 spiro atoms. The van der Waals surface area contributed by atoms with Gasteiger partial charge < -0.3 is 9.47 Å². The molecule has 1 aromatic heterocycles. The molecule has 0 N–H and O–H groups in total. The standard InChI is InChI=1S/C18H30N2O2/c1-5-6-9-16-12-20(13-17(22-16)14(2)3)11-15-8-7-10-18(19-15)21-4/h7-8,10,14,16-17H,5-6,9,11-13H2,1-4H3/t16-,17-/m1/s1. The number of aromatic nitrogens is 1. The molecule has 22 heavy (non-hydrogen) atoms. The van der Waals surface area contributed by atoms with Gasteiger partial charge in [0.25, 0.3) is 0 Å². The molecular weight excluding hydrogens is 276 g/mol. The van der Waals surface area contributed by atoms with Gasteiger partial charge in [0.2, 0.25) is 5.88 Å². The highest BCUT2D eigenvalue weighted by Gasteiger charge is 2.29. The Hall–Kier alpha value is -1.13. The highest BCUT2D eigenvalue weighted by atomic mass is 16.5. The Morgan fingerprint density at radius 1 is 1.36 bits per heavy atom. The van der Waals surface area contributed by atoms with Crippen molar-refractivity contribution in [3.05, 3.63) is 23.9 Å². The van der Waals surface area contributed by atoms with E-state index >= 15 is 0 Å². The predicted molar refractivity (Wildman–Crippen MR) is 89.1 cm³/mol. The van der Waals surface area contributed by atoms with E-state index in [2.05, 4.69) is 36.7 Å². The summed E-state index contributed by atoms with van der Waals surface area (Å²) in [5.41, 5.74) is 1.07. The van der Waals surface area contributed by atoms with Crippen molar-refractivity contribution in [2.45, 2.75) is 58.8 Å². The number of hydrogen-bond donors (Lipinski definition) is 0. The molecule has 2 atom stereocenters. The molecular formula is C18H30N2O2. The number of pyridine rings is 1. The number of rotatable bonds is 7. The maximum absolute atomic E-state index is 6.28. The Morgan fingerprint density at radius 2 is 2.18 bits per heavy atom. The van der Waals surface area contributed by atoms with Gasteiger partial charge in [-0.2, -0.15) is 0 Å². The van der Waals surface area contributed by atoms with E-state index in [4.69, 9.17) is 9.47 Å². The largest absolute Gasteiger partial charge is 0.481 e. The SMILES string of the molecule is CCCC[C@@H]1CN(Cc2cccc(OC)n2)C[C@H](C(C)C)O1. The van der Waals surface area contributed by atoms with Gasteiger partial charge >= 0.3 is 0 Å². The monoisotopic (exact) mass is 306 g/mol. The molecule has 2 rings (SSSR count). The number of ether oxygens (including phenoxy) is 2. The Bertz CT molecular complexity index is 450. The summed E-state index contributed by atoms with van der Waals surface area (Å²) in [4.78, 5) is 7.02. The van der Waals surface area contributed by atoms with Crippen LogP contribution in [0.4, 0.5) is 0 Å². The molecule has 1 aliphatic rings. The average molecular weight is 306 g/mol. The normalized spacial score (nSPS) is 23.0. The van der Waals surface area contributed by atoms with E-state index in [1.807, 2.05) is 12.1 Å². The molecule has 1 fully saturated rings. The van der Waals surface area contributed by atoms with Crippen LogP contribution in [-0.4, -0.2) is 42.3 Å². The van der Waals surface area contributed by atoms with Crippen LogP contribution in [0.25, 0.3) is 0 Å². The van der Waals surface area contributed by atoms with E-state index < -0.39 is 0 Å². The fourth-order valence-corrected chi connectivity index (χ4v) is 2.93. The summed E-state index contributed by atoms with van der Waals surface area (Å²) in [6.07, 6.45) is 4.29. The maximum Gasteiger partial charge on any atom is 0.213 e. The summed E-state index contributed by atoms with van der Waals surface area (Å²) in [6.45, 7) is 9.58. The van der Waals surface area contributed by atoms with E-state index in [-0.39, 0.29) is 0 Å². The Kier molecular flexibility index (Phi) is 6.65. The highest BCUT2D eigenvalue weighted by molar-refractivity contribution is 5.15. The summed E-state index contributed by atoms with van der Waals surface area (Å²) in [5.74, 6) is 1.24. The third-order valence-electron chi connectivity index (χ3n) is 4.27.